The van der Waals surface area contributed by atoms with E-state index >= 15 is 0 Å². The van der Waals surface area contributed by atoms with E-state index in [1.807, 2.05) is 50.2 Å². The predicted molar refractivity (Wildman–Crippen MR) is 153 cm³/mol. The van der Waals surface area contributed by atoms with Gasteiger partial charge in [0.2, 0.25) is 0 Å². The maximum Gasteiger partial charge on any atom is 0.347 e. The van der Waals surface area contributed by atoms with Crippen LogP contribution in [-0.4, -0.2) is 37.4 Å². The highest BCUT2D eigenvalue weighted by Gasteiger charge is 2.29. The van der Waals surface area contributed by atoms with Crippen molar-refractivity contribution >= 4 is 11.9 Å². The molecule has 0 N–H and O–H groups in total. The number of rotatable bonds is 14. The zero-order chi connectivity index (χ0) is 28.2. The van der Waals surface area contributed by atoms with Crippen molar-refractivity contribution in [1.82, 2.24) is 0 Å². The molecule has 0 unspecified atom stereocenters. The first-order valence-electron chi connectivity index (χ1n) is 14.6. The van der Waals surface area contributed by atoms with E-state index in [0.717, 1.165) is 29.7 Å². The molecule has 4 atom stereocenters. The van der Waals surface area contributed by atoms with Gasteiger partial charge in [0, 0.05) is 11.5 Å². The van der Waals surface area contributed by atoms with Gasteiger partial charge in [-0.05, 0) is 49.4 Å². The summed E-state index contributed by atoms with van der Waals surface area (Å²) >= 11 is 0. The summed E-state index contributed by atoms with van der Waals surface area (Å²) in [7, 11) is 0. The van der Waals surface area contributed by atoms with Crippen molar-refractivity contribution in [2.24, 2.45) is 11.8 Å². The molecule has 0 aromatic heterocycles. The van der Waals surface area contributed by atoms with Crippen LogP contribution in [0.1, 0.15) is 102 Å². The molecular formula is C33H46O6. The fraction of sp³-hybridized carbons (Fsp3) is 0.576. The van der Waals surface area contributed by atoms with Gasteiger partial charge >= 0.3 is 11.9 Å². The minimum atomic E-state index is -0.957. The van der Waals surface area contributed by atoms with Crippen molar-refractivity contribution in [3.8, 4) is 11.1 Å². The lowest BCUT2D eigenvalue weighted by Crippen LogP contribution is -2.34. The molecule has 0 radical (unpaired) electrons. The quantitative estimate of drug-likeness (QED) is 0.180. The normalized spacial score (nSPS) is 20.0. The minimum absolute atomic E-state index is 0.172. The number of hydrogen-bond donors (Lipinski definition) is 0. The van der Waals surface area contributed by atoms with Gasteiger partial charge in [-0.15, -0.1) is 0 Å². The van der Waals surface area contributed by atoms with Crippen molar-refractivity contribution in [3.05, 3.63) is 59.7 Å². The van der Waals surface area contributed by atoms with Crippen molar-refractivity contribution < 1.29 is 28.5 Å². The Bertz CT molecular complexity index is 1010. The summed E-state index contributed by atoms with van der Waals surface area (Å²) in [6.07, 6.45) is 7.85. The molecule has 0 saturated carbocycles. The highest BCUT2D eigenvalue weighted by Crippen LogP contribution is 2.33. The number of carbonyl (C=O) groups is 2. The Balaban J connectivity index is 1.48. The number of unbranched alkanes of at least 4 members (excludes halogenated alkanes) is 5. The van der Waals surface area contributed by atoms with Crippen molar-refractivity contribution in [2.75, 3.05) is 13.2 Å². The number of carbonyl (C=O) groups excluding carboxylic acids is 2. The Labute approximate surface area is 234 Å². The van der Waals surface area contributed by atoms with E-state index in [9.17, 15) is 9.59 Å². The Morgan fingerprint density at radius 1 is 0.897 bits per heavy atom. The van der Waals surface area contributed by atoms with Crippen LogP contribution in [-0.2, 0) is 23.7 Å². The molecule has 0 spiro atoms. The molecule has 2 aromatic rings. The topological polar surface area (TPSA) is 71.1 Å². The highest BCUT2D eigenvalue weighted by molar-refractivity contribution is 5.92. The minimum Gasteiger partial charge on any atom is -0.463 e. The molecule has 39 heavy (non-hydrogen) atoms. The molecule has 0 amide bonds. The summed E-state index contributed by atoms with van der Waals surface area (Å²) in [5.74, 6) is -0.425. The number of hydrogen-bond acceptors (Lipinski definition) is 6. The number of ether oxygens (including phenoxy) is 4. The Hall–Kier alpha value is -2.70. The van der Waals surface area contributed by atoms with Crippen LogP contribution in [0.4, 0.5) is 0 Å². The van der Waals surface area contributed by atoms with Gasteiger partial charge < -0.3 is 18.9 Å². The Kier molecular flexibility index (Phi) is 12.5. The van der Waals surface area contributed by atoms with Gasteiger partial charge in [-0.3, -0.25) is 0 Å². The SMILES string of the molecule is CCCCCCCC[C@H]1CO[C@H](c2ccc(-c3ccc(C(=O)O[C@H](C)C(=O)OCC(C)C)cc3)cc2)O[C@@H]1C. The summed E-state index contributed by atoms with van der Waals surface area (Å²) < 4.78 is 22.8. The first-order valence-corrected chi connectivity index (χ1v) is 14.6. The van der Waals surface area contributed by atoms with Gasteiger partial charge in [0.05, 0.1) is 24.9 Å². The smallest absolute Gasteiger partial charge is 0.347 e. The van der Waals surface area contributed by atoms with E-state index in [1.165, 1.54) is 45.4 Å². The van der Waals surface area contributed by atoms with E-state index in [2.05, 4.69) is 13.8 Å². The van der Waals surface area contributed by atoms with Gasteiger partial charge in [0.1, 0.15) is 0 Å². The molecule has 0 aliphatic carbocycles. The molecule has 2 aromatic carbocycles. The van der Waals surface area contributed by atoms with E-state index in [4.69, 9.17) is 18.9 Å². The summed E-state index contributed by atoms with van der Waals surface area (Å²) in [6, 6.07) is 15.3. The lowest BCUT2D eigenvalue weighted by Gasteiger charge is -2.35. The van der Waals surface area contributed by atoms with Crippen LogP contribution in [0.15, 0.2) is 48.5 Å². The molecule has 214 valence electrons. The first kappa shape index (κ1) is 30.8. The molecule has 1 fully saturated rings. The lowest BCUT2D eigenvalue weighted by atomic mass is 9.95. The summed E-state index contributed by atoms with van der Waals surface area (Å²) in [4.78, 5) is 24.5. The fourth-order valence-electron chi connectivity index (χ4n) is 4.65. The van der Waals surface area contributed by atoms with Gasteiger partial charge in [-0.25, -0.2) is 9.59 Å². The standard InChI is InChI=1S/C33H46O6/c1-6-7-8-9-10-11-12-30-22-37-33(39-24(30)4)29-19-15-27(16-20-29)26-13-17-28(18-14-26)32(35)38-25(5)31(34)36-21-23(2)3/h13-20,23-25,30,33H,6-12,21-22H2,1-5H3/t24-,25-,30+,33+/m1/s1. The molecule has 1 saturated heterocycles. The average Bonchev–Trinajstić information content (AvgIpc) is 2.94. The van der Waals surface area contributed by atoms with Crippen LogP contribution < -0.4 is 0 Å². The summed E-state index contributed by atoms with van der Waals surface area (Å²) in [5, 5.41) is 0. The number of esters is 2. The van der Waals surface area contributed by atoms with Crippen LogP contribution in [0.5, 0.6) is 0 Å². The monoisotopic (exact) mass is 538 g/mol. The van der Waals surface area contributed by atoms with E-state index in [-0.39, 0.29) is 18.3 Å². The third-order valence-corrected chi connectivity index (χ3v) is 7.20. The van der Waals surface area contributed by atoms with Crippen LogP contribution in [0, 0.1) is 11.8 Å². The summed E-state index contributed by atoms with van der Waals surface area (Å²) in [6.45, 7) is 10.9. The largest absolute Gasteiger partial charge is 0.463 e. The van der Waals surface area contributed by atoms with Gasteiger partial charge in [0.15, 0.2) is 12.4 Å². The first-order chi connectivity index (χ1) is 18.8. The fourth-order valence-corrected chi connectivity index (χ4v) is 4.65. The number of benzene rings is 2. The maximum atomic E-state index is 12.5. The molecule has 0 bridgehead atoms. The molecule has 1 aliphatic heterocycles. The van der Waals surface area contributed by atoms with E-state index in [1.54, 1.807) is 12.1 Å². The molecular weight excluding hydrogens is 492 g/mol. The highest BCUT2D eigenvalue weighted by atomic mass is 16.7. The molecule has 1 heterocycles. The van der Waals surface area contributed by atoms with Crippen LogP contribution in [0.3, 0.4) is 0 Å². The zero-order valence-electron chi connectivity index (χ0n) is 24.3. The van der Waals surface area contributed by atoms with E-state index < -0.39 is 18.0 Å². The van der Waals surface area contributed by atoms with Crippen LogP contribution in [0.2, 0.25) is 0 Å². The van der Waals surface area contributed by atoms with Crippen LogP contribution in [0.25, 0.3) is 11.1 Å². The second-order valence-electron chi connectivity index (χ2n) is 11.1. The van der Waals surface area contributed by atoms with Crippen molar-refractivity contribution in [1.29, 1.82) is 0 Å². The molecule has 6 heteroatoms. The predicted octanol–water partition coefficient (Wildman–Crippen LogP) is 7.90. The van der Waals surface area contributed by atoms with E-state index in [0.29, 0.717) is 18.1 Å². The zero-order valence-corrected chi connectivity index (χ0v) is 24.3. The average molecular weight is 539 g/mol. The summed E-state index contributed by atoms with van der Waals surface area (Å²) in [5.41, 5.74) is 3.38. The third kappa shape index (κ3) is 9.77. The second kappa shape index (κ2) is 15.8. The molecule has 6 nitrogen and oxygen atoms in total. The van der Waals surface area contributed by atoms with Crippen molar-refractivity contribution in [2.45, 2.75) is 98.1 Å². The Morgan fingerprint density at radius 3 is 2.13 bits per heavy atom. The van der Waals surface area contributed by atoms with Gasteiger partial charge in [0.25, 0.3) is 0 Å². The third-order valence-electron chi connectivity index (χ3n) is 7.20. The second-order valence-corrected chi connectivity index (χ2v) is 11.1. The van der Waals surface area contributed by atoms with Crippen LogP contribution >= 0.6 is 0 Å². The molecule has 1 aliphatic rings. The van der Waals surface area contributed by atoms with Gasteiger partial charge in [-0.2, -0.15) is 0 Å². The maximum absolute atomic E-state index is 12.5. The van der Waals surface area contributed by atoms with Crippen molar-refractivity contribution in [3.63, 3.8) is 0 Å². The van der Waals surface area contributed by atoms with Gasteiger partial charge in [-0.1, -0.05) is 95.7 Å². The molecule has 3 rings (SSSR count). The lowest BCUT2D eigenvalue weighted by molar-refractivity contribution is -0.237. The Morgan fingerprint density at radius 2 is 1.51 bits per heavy atom.